The van der Waals surface area contributed by atoms with E-state index in [0.717, 1.165) is 25.2 Å². The van der Waals surface area contributed by atoms with Crippen molar-refractivity contribution in [2.45, 2.75) is 13.3 Å². The number of aromatic carboxylic acids is 1. The molecule has 0 saturated heterocycles. The molecular formula is C16H24N2O4. The second-order valence-electron chi connectivity index (χ2n) is 5.69. The monoisotopic (exact) mass is 308 g/mol. The molecule has 1 aromatic rings. The van der Waals surface area contributed by atoms with Crippen molar-refractivity contribution in [1.29, 1.82) is 0 Å². The molecule has 122 valence electrons. The van der Waals surface area contributed by atoms with Crippen LogP contribution in [-0.2, 0) is 4.79 Å². The van der Waals surface area contributed by atoms with Crippen LogP contribution < -0.4 is 4.90 Å². The molecule has 22 heavy (non-hydrogen) atoms. The lowest BCUT2D eigenvalue weighted by Crippen LogP contribution is -2.34. The van der Waals surface area contributed by atoms with Crippen molar-refractivity contribution in [3.63, 3.8) is 0 Å². The molecule has 0 spiro atoms. The average Bonchev–Trinajstić information content (AvgIpc) is 2.45. The van der Waals surface area contributed by atoms with Crippen molar-refractivity contribution < 1.29 is 19.8 Å². The lowest BCUT2D eigenvalue weighted by molar-refractivity contribution is -0.140. The molecule has 0 aliphatic rings. The third-order valence-electron chi connectivity index (χ3n) is 3.43. The van der Waals surface area contributed by atoms with E-state index in [1.807, 2.05) is 19.0 Å². The zero-order chi connectivity index (χ0) is 16.7. The van der Waals surface area contributed by atoms with Crippen molar-refractivity contribution in [2.24, 2.45) is 5.92 Å². The summed E-state index contributed by atoms with van der Waals surface area (Å²) in [6.07, 6.45) is 0.903. The molecule has 1 aromatic carbocycles. The SMILES string of the molecule is CC(CN(CCCN(C)C)c1ccc(C(=O)O)cc1)C(=O)O. The van der Waals surface area contributed by atoms with Gasteiger partial charge in [-0.1, -0.05) is 6.92 Å². The molecule has 1 atom stereocenters. The summed E-state index contributed by atoms with van der Waals surface area (Å²) < 4.78 is 0. The summed E-state index contributed by atoms with van der Waals surface area (Å²) in [5.41, 5.74) is 1.07. The van der Waals surface area contributed by atoms with Crippen molar-refractivity contribution in [3.8, 4) is 0 Å². The Labute approximate surface area is 131 Å². The molecule has 0 fully saturated rings. The normalized spacial score (nSPS) is 12.2. The molecule has 1 rings (SSSR count). The molecule has 0 radical (unpaired) electrons. The van der Waals surface area contributed by atoms with E-state index in [1.165, 1.54) is 0 Å². The minimum absolute atomic E-state index is 0.225. The van der Waals surface area contributed by atoms with E-state index < -0.39 is 17.9 Å². The van der Waals surface area contributed by atoms with Gasteiger partial charge in [0.15, 0.2) is 0 Å². The molecule has 0 amide bonds. The van der Waals surface area contributed by atoms with Crippen LogP contribution in [-0.4, -0.2) is 60.8 Å². The second-order valence-corrected chi connectivity index (χ2v) is 5.69. The van der Waals surface area contributed by atoms with Crippen LogP contribution in [0.3, 0.4) is 0 Å². The van der Waals surface area contributed by atoms with Crippen LogP contribution in [0.4, 0.5) is 5.69 Å². The standard InChI is InChI=1S/C16H24N2O4/c1-12(15(19)20)11-18(10-4-9-17(2)3)14-7-5-13(6-8-14)16(21)22/h5-8,12H,4,9-11H2,1-3H3,(H,19,20)(H,21,22). The van der Waals surface area contributed by atoms with Crippen molar-refractivity contribution in [2.75, 3.05) is 38.6 Å². The number of carbonyl (C=O) groups is 2. The van der Waals surface area contributed by atoms with E-state index in [0.29, 0.717) is 6.54 Å². The first-order chi connectivity index (χ1) is 10.3. The van der Waals surface area contributed by atoms with Gasteiger partial charge in [-0.15, -0.1) is 0 Å². The Morgan fingerprint density at radius 1 is 1.09 bits per heavy atom. The van der Waals surface area contributed by atoms with Crippen LogP contribution in [0.15, 0.2) is 24.3 Å². The van der Waals surface area contributed by atoms with E-state index in [1.54, 1.807) is 31.2 Å². The van der Waals surface area contributed by atoms with Crippen LogP contribution in [0.1, 0.15) is 23.7 Å². The maximum Gasteiger partial charge on any atom is 0.335 e. The topological polar surface area (TPSA) is 81.1 Å². The number of nitrogens with zero attached hydrogens (tertiary/aromatic N) is 2. The second kappa shape index (κ2) is 8.38. The average molecular weight is 308 g/mol. The summed E-state index contributed by atoms with van der Waals surface area (Å²) in [7, 11) is 3.98. The Balaban J connectivity index is 2.82. The predicted octanol–water partition coefficient (Wildman–Crippen LogP) is 1.86. The van der Waals surface area contributed by atoms with Crippen LogP contribution in [0, 0.1) is 5.92 Å². The maximum absolute atomic E-state index is 11.1. The number of rotatable bonds is 9. The van der Waals surface area contributed by atoms with Crippen molar-refractivity contribution >= 4 is 17.6 Å². The van der Waals surface area contributed by atoms with Gasteiger partial charge in [-0.2, -0.15) is 0 Å². The minimum atomic E-state index is -0.968. The number of aliphatic carboxylic acids is 1. The van der Waals surface area contributed by atoms with Crippen LogP contribution in [0.5, 0.6) is 0 Å². The molecule has 0 aromatic heterocycles. The molecular weight excluding hydrogens is 284 g/mol. The molecule has 0 heterocycles. The third-order valence-corrected chi connectivity index (χ3v) is 3.43. The van der Waals surface area contributed by atoms with Gasteiger partial charge in [0.2, 0.25) is 0 Å². The smallest absolute Gasteiger partial charge is 0.335 e. The number of hydrogen-bond donors (Lipinski definition) is 2. The molecule has 0 aliphatic carbocycles. The lowest BCUT2D eigenvalue weighted by atomic mass is 10.1. The van der Waals surface area contributed by atoms with Gasteiger partial charge >= 0.3 is 11.9 Å². The van der Waals surface area contributed by atoms with E-state index in [9.17, 15) is 9.59 Å². The highest BCUT2D eigenvalue weighted by Crippen LogP contribution is 2.18. The first kappa shape index (κ1) is 18.0. The third kappa shape index (κ3) is 5.73. The zero-order valence-electron chi connectivity index (χ0n) is 13.3. The van der Waals surface area contributed by atoms with Crippen molar-refractivity contribution in [1.82, 2.24) is 4.90 Å². The fourth-order valence-electron chi connectivity index (χ4n) is 2.13. The van der Waals surface area contributed by atoms with Crippen LogP contribution in [0.25, 0.3) is 0 Å². The summed E-state index contributed by atoms with van der Waals surface area (Å²) in [5.74, 6) is -2.29. The molecule has 1 unspecified atom stereocenters. The Kier molecular flexibility index (Phi) is 6.85. The highest BCUT2D eigenvalue weighted by Gasteiger charge is 2.17. The first-order valence-electron chi connectivity index (χ1n) is 7.27. The number of hydrogen-bond acceptors (Lipinski definition) is 4. The van der Waals surface area contributed by atoms with Gasteiger partial charge in [-0.05, 0) is 51.3 Å². The van der Waals surface area contributed by atoms with E-state index in [2.05, 4.69) is 4.90 Å². The largest absolute Gasteiger partial charge is 0.481 e. The first-order valence-corrected chi connectivity index (χ1v) is 7.27. The number of carboxylic acid groups (broad SMARTS) is 2. The highest BCUT2D eigenvalue weighted by atomic mass is 16.4. The number of carboxylic acids is 2. The Morgan fingerprint density at radius 3 is 2.14 bits per heavy atom. The predicted molar refractivity (Wildman–Crippen MR) is 85.6 cm³/mol. The quantitative estimate of drug-likeness (QED) is 0.725. The van der Waals surface area contributed by atoms with Gasteiger partial charge in [-0.25, -0.2) is 4.79 Å². The maximum atomic E-state index is 11.1. The Morgan fingerprint density at radius 2 is 1.68 bits per heavy atom. The Hall–Kier alpha value is -2.08. The molecule has 6 heteroatoms. The molecule has 2 N–H and O–H groups in total. The number of benzene rings is 1. The minimum Gasteiger partial charge on any atom is -0.481 e. The zero-order valence-corrected chi connectivity index (χ0v) is 13.3. The fourth-order valence-corrected chi connectivity index (χ4v) is 2.13. The van der Waals surface area contributed by atoms with Crippen molar-refractivity contribution in [3.05, 3.63) is 29.8 Å². The number of anilines is 1. The molecule has 6 nitrogen and oxygen atoms in total. The van der Waals surface area contributed by atoms with Gasteiger partial charge in [0.1, 0.15) is 0 Å². The van der Waals surface area contributed by atoms with Gasteiger partial charge in [-0.3, -0.25) is 4.79 Å². The summed E-state index contributed by atoms with van der Waals surface area (Å²) >= 11 is 0. The van der Waals surface area contributed by atoms with Crippen LogP contribution in [0.2, 0.25) is 0 Å². The van der Waals surface area contributed by atoms with Gasteiger partial charge < -0.3 is 20.0 Å². The van der Waals surface area contributed by atoms with Gasteiger partial charge in [0, 0.05) is 18.8 Å². The van der Waals surface area contributed by atoms with Gasteiger partial charge in [0.25, 0.3) is 0 Å². The van der Waals surface area contributed by atoms with Crippen LogP contribution >= 0.6 is 0 Å². The lowest BCUT2D eigenvalue weighted by Gasteiger charge is -2.27. The van der Waals surface area contributed by atoms with E-state index >= 15 is 0 Å². The van der Waals surface area contributed by atoms with Gasteiger partial charge in [0.05, 0.1) is 11.5 Å². The summed E-state index contributed by atoms with van der Waals surface area (Å²) in [5, 5.41) is 18.0. The summed E-state index contributed by atoms with van der Waals surface area (Å²) in [6.45, 7) is 3.70. The molecule has 0 aliphatic heterocycles. The van der Waals surface area contributed by atoms with E-state index in [-0.39, 0.29) is 5.56 Å². The summed E-state index contributed by atoms with van der Waals surface area (Å²) in [6, 6.07) is 6.55. The fraction of sp³-hybridized carbons (Fsp3) is 0.500. The molecule has 0 saturated carbocycles. The molecule has 0 bridgehead atoms. The summed E-state index contributed by atoms with van der Waals surface area (Å²) in [4.78, 5) is 26.0. The Bertz CT molecular complexity index is 499. The van der Waals surface area contributed by atoms with E-state index in [4.69, 9.17) is 10.2 Å². The highest BCUT2D eigenvalue weighted by molar-refractivity contribution is 5.88.